The molecule has 0 atom stereocenters. The van der Waals surface area contributed by atoms with Gasteiger partial charge in [-0.15, -0.1) is 0 Å². The van der Waals surface area contributed by atoms with Crippen molar-refractivity contribution in [3.8, 4) is 12.1 Å². The van der Waals surface area contributed by atoms with Gasteiger partial charge in [0, 0.05) is 11.8 Å². The summed E-state index contributed by atoms with van der Waals surface area (Å²) in [5.74, 6) is 0.477. The SMILES string of the molecule is N#CC1CCC(N=NC2CCC(C#N)CC2)CC1. The van der Waals surface area contributed by atoms with Crippen molar-refractivity contribution in [3.63, 3.8) is 0 Å². The summed E-state index contributed by atoms with van der Waals surface area (Å²) in [6.45, 7) is 0. The van der Waals surface area contributed by atoms with E-state index in [4.69, 9.17) is 10.5 Å². The molecule has 0 spiro atoms. The van der Waals surface area contributed by atoms with Gasteiger partial charge in [0.15, 0.2) is 0 Å². The van der Waals surface area contributed by atoms with E-state index in [1.54, 1.807) is 0 Å². The monoisotopic (exact) mass is 244 g/mol. The quantitative estimate of drug-likeness (QED) is 0.696. The maximum Gasteiger partial charge on any atom is 0.0709 e. The van der Waals surface area contributed by atoms with Crippen LogP contribution in [0.15, 0.2) is 10.2 Å². The van der Waals surface area contributed by atoms with E-state index in [0.717, 1.165) is 51.4 Å². The first kappa shape index (κ1) is 13.0. The lowest BCUT2D eigenvalue weighted by Gasteiger charge is -2.23. The van der Waals surface area contributed by atoms with Crippen LogP contribution in [0.1, 0.15) is 51.4 Å². The smallest absolute Gasteiger partial charge is 0.0709 e. The second-order valence-corrected chi connectivity index (χ2v) is 5.50. The molecule has 0 aromatic carbocycles. The minimum atomic E-state index is 0.238. The van der Waals surface area contributed by atoms with Gasteiger partial charge in [-0.3, -0.25) is 0 Å². The van der Waals surface area contributed by atoms with Crippen molar-refractivity contribution in [1.29, 1.82) is 10.5 Å². The molecule has 0 N–H and O–H groups in total. The standard InChI is InChI=1S/C14H20N4/c15-9-11-1-5-13(6-2-11)17-18-14-7-3-12(10-16)4-8-14/h11-14H,1-8H2. The summed E-state index contributed by atoms with van der Waals surface area (Å²) in [6, 6.07) is 5.35. The first-order valence-corrected chi connectivity index (χ1v) is 7.01. The van der Waals surface area contributed by atoms with Gasteiger partial charge in [-0.25, -0.2) is 0 Å². The number of azo groups is 1. The van der Waals surface area contributed by atoms with Crippen LogP contribution in [0.2, 0.25) is 0 Å². The van der Waals surface area contributed by atoms with Crippen molar-refractivity contribution in [2.45, 2.75) is 63.5 Å². The summed E-state index contributed by atoms with van der Waals surface area (Å²) in [4.78, 5) is 0. The Labute approximate surface area is 109 Å². The van der Waals surface area contributed by atoms with Crippen LogP contribution in [0.4, 0.5) is 0 Å². The van der Waals surface area contributed by atoms with Gasteiger partial charge in [0.25, 0.3) is 0 Å². The molecule has 0 aromatic heterocycles. The van der Waals surface area contributed by atoms with Gasteiger partial charge in [-0.1, -0.05) is 0 Å². The van der Waals surface area contributed by atoms with Crippen LogP contribution in [-0.4, -0.2) is 12.1 Å². The van der Waals surface area contributed by atoms with E-state index in [1.165, 1.54) is 0 Å². The molecule has 0 unspecified atom stereocenters. The summed E-state index contributed by atoms with van der Waals surface area (Å²) < 4.78 is 0. The summed E-state index contributed by atoms with van der Waals surface area (Å²) in [5, 5.41) is 26.6. The Kier molecular flexibility index (Phi) is 4.70. The third-order valence-electron chi connectivity index (χ3n) is 4.15. The van der Waals surface area contributed by atoms with E-state index < -0.39 is 0 Å². The molecule has 0 saturated heterocycles. The van der Waals surface area contributed by atoms with Crippen LogP contribution in [0.5, 0.6) is 0 Å². The highest BCUT2D eigenvalue weighted by molar-refractivity contribution is 4.90. The summed E-state index contributed by atoms with van der Waals surface area (Å²) in [5.41, 5.74) is 0. The molecule has 0 radical (unpaired) electrons. The summed E-state index contributed by atoms with van der Waals surface area (Å²) >= 11 is 0. The van der Waals surface area contributed by atoms with E-state index in [-0.39, 0.29) is 11.8 Å². The van der Waals surface area contributed by atoms with Crippen LogP contribution in [0, 0.1) is 34.5 Å². The minimum absolute atomic E-state index is 0.238. The fraction of sp³-hybridized carbons (Fsp3) is 0.857. The van der Waals surface area contributed by atoms with Crippen molar-refractivity contribution in [2.75, 3.05) is 0 Å². The van der Waals surface area contributed by atoms with Crippen LogP contribution in [0.3, 0.4) is 0 Å². The first-order valence-electron chi connectivity index (χ1n) is 7.01. The van der Waals surface area contributed by atoms with Gasteiger partial charge in [0.2, 0.25) is 0 Å². The molecule has 0 bridgehead atoms. The Morgan fingerprint density at radius 3 is 1.22 bits per heavy atom. The van der Waals surface area contributed by atoms with Crippen molar-refractivity contribution in [2.24, 2.45) is 22.1 Å². The molecule has 0 heterocycles. The van der Waals surface area contributed by atoms with E-state index in [9.17, 15) is 0 Å². The molecule has 4 nitrogen and oxygen atoms in total. The molecule has 96 valence electrons. The molecule has 2 saturated carbocycles. The summed E-state index contributed by atoms with van der Waals surface area (Å²) in [7, 11) is 0. The number of hydrogen-bond donors (Lipinski definition) is 0. The fourth-order valence-corrected chi connectivity index (χ4v) is 2.83. The van der Waals surface area contributed by atoms with Crippen LogP contribution in [0.25, 0.3) is 0 Å². The Balaban J connectivity index is 1.72. The van der Waals surface area contributed by atoms with E-state index in [2.05, 4.69) is 22.4 Å². The third-order valence-corrected chi connectivity index (χ3v) is 4.15. The molecule has 0 aromatic rings. The Morgan fingerprint density at radius 1 is 0.611 bits per heavy atom. The Bertz CT molecular complexity index is 324. The molecule has 0 aliphatic heterocycles. The third kappa shape index (κ3) is 3.53. The molecule has 2 fully saturated rings. The average Bonchev–Trinajstić information content (AvgIpc) is 2.46. The highest BCUT2D eigenvalue weighted by atomic mass is 15.1. The molecule has 2 aliphatic rings. The minimum Gasteiger partial charge on any atom is -0.198 e. The molecular weight excluding hydrogens is 224 g/mol. The topological polar surface area (TPSA) is 72.3 Å². The van der Waals surface area contributed by atoms with Gasteiger partial charge in [-0.05, 0) is 51.4 Å². The lowest BCUT2D eigenvalue weighted by Crippen LogP contribution is -2.18. The Hall–Kier alpha value is -1.42. The number of rotatable bonds is 2. The maximum absolute atomic E-state index is 8.83. The predicted octanol–water partition coefficient (Wildman–Crippen LogP) is 3.60. The largest absolute Gasteiger partial charge is 0.198 e. The van der Waals surface area contributed by atoms with Gasteiger partial charge >= 0.3 is 0 Å². The molecular formula is C14H20N4. The Morgan fingerprint density at radius 2 is 0.944 bits per heavy atom. The number of nitriles is 2. The highest BCUT2D eigenvalue weighted by Gasteiger charge is 2.23. The van der Waals surface area contributed by atoms with Crippen molar-refractivity contribution >= 4 is 0 Å². The maximum atomic E-state index is 8.83. The van der Waals surface area contributed by atoms with E-state index in [1.807, 2.05) is 0 Å². The predicted molar refractivity (Wildman–Crippen MR) is 67.6 cm³/mol. The van der Waals surface area contributed by atoms with E-state index >= 15 is 0 Å². The average molecular weight is 244 g/mol. The van der Waals surface area contributed by atoms with Crippen molar-refractivity contribution in [3.05, 3.63) is 0 Å². The fourth-order valence-electron chi connectivity index (χ4n) is 2.83. The van der Waals surface area contributed by atoms with Gasteiger partial charge in [0.1, 0.15) is 0 Å². The van der Waals surface area contributed by atoms with E-state index in [0.29, 0.717) is 12.1 Å². The normalized spacial score (nSPS) is 37.0. The number of hydrogen-bond acceptors (Lipinski definition) is 4. The molecule has 18 heavy (non-hydrogen) atoms. The van der Waals surface area contributed by atoms with Crippen LogP contribution >= 0.6 is 0 Å². The summed E-state index contributed by atoms with van der Waals surface area (Å²) in [6.07, 6.45) is 7.93. The highest BCUT2D eigenvalue weighted by Crippen LogP contribution is 2.28. The van der Waals surface area contributed by atoms with Crippen molar-refractivity contribution in [1.82, 2.24) is 0 Å². The zero-order valence-electron chi connectivity index (χ0n) is 10.8. The van der Waals surface area contributed by atoms with Crippen LogP contribution in [-0.2, 0) is 0 Å². The van der Waals surface area contributed by atoms with Gasteiger partial charge in [-0.2, -0.15) is 20.8 Å². The second-order valence-electron chi connectivity index (χ2n) is 5.50. The van der Waals surface area contributed by atoms with Gasteiger partial charge < -0.3 is 0 Å². The van der Waals surface area contributed by atoms with Gasteiger partial charge in [0.05, 0.1) is 24.2 Å². The molecule has 4 heteroatoms. The number of nitrogens with zero attached hydrogens (tertiary/aromatic N) is 4. The van der Waals surface area contributed by atoms with Crippen LogP contribution < -0.4 is 0 Å². The second kappa shape index (κ2) is 6.50. The lowest BCUT2D eigenvalue weighted by atomic mass is 9.87. The van der Waals surface area contributed by atoms with Crippen molar-refractivity contribution < 1.29 is 0 Å². The molecule has 0 amide bonds. The zero-order chi connectivity index (χ0) is 12.8. The zero-order valence-corrected chi connectivity index (χ0v) is 10.8. The molecule has 2 rings (SSSR count). The lowest BCUT2D eigenvalue weighted by molar-refractivity contribution is 0.343. The first-order chi connectivity index (χ1) is 8.81. The molecule has 2 aliphatic carbocycles.